The SMILES string of the molecule is CN1CCSCC1c1nccc(C=O)n1. The maximum absolute atomic E-state index is 10.6. The largest absolute Gasteiger partial charge is 0.296 e. The normalized spacial score (nSPS) is 22.6. The molecule has 0 bridgehead atoms. The summed E-state index contributed by atoms with van der Waals surface area (Å²) in [6.07, 6.45) is 2.42. The van der Waals surface area contributed by atoms with Gasteiger partial charge in [-0.1, -0.05) is 0 Å². The van der Waals surface area contributed by atoms with Crippen molar-refractivity contribution in [1.29, 1.82) is 0 Å². The summed E-state index contributed by atoms with van der Waals surface area (Å²) in [6, 6.07) is 1.87. The highest BCUT2D eigenvalue weighted by atomic mass is 32.2. The summed E-state index contributed by atoms with van der Waals surface area (Å²) < 4.78 is 0. The lowest BCUT2D eigenvalue weighted by Crippen LogP contribution is -2.33. The van der Waals surface area contributed by atoms with Crippen LogP contribution < -0.4 is 0 Å². The van der Waals surface area contributed by atoms with Crippen LogP contribution in [0, 0.1) is 0 Å². The first kappa shape index (κ1) is 10.6. The molecule has 0 aliphatic carbocycles. The van der Waals surface area contributed by atoms with Crippen molar-refractivity contribution in [2.75, 3.05) is 25.1 Å². The molecule has 1 unspecified atom stereocenters. The van der Waals surface area contributed by atoms with E-state index in [1.165, 1.54) is 0 Å². The molecule has 1 aliphatic heterocycles. The quantitative estimate of drug-likeness (QED) is 0.700. The van der Waals surface area contributed by atoms with E-state index >= 15 is 0 Å². The fourth-order valence-corrected chi connectivity index (χ4v) is 2.78. The van der Waals surface area contributed by atoms with Gasteiger partial charge in [-0.25, -0.2) is 9.97 Å². The first-order chi connectivity index (χ1) is 7.31. The van der Waals surface area contributed by atoms with Gasteiger partial charge in [-0.2, -0.15) is 11.8 Å². The van der Waals surface area contributed by atoms with E-state index in [0.717, 1.165) is 30.2 Å². The van der Waals surface area contributed by atoms with Crippen LogP contribution in [0.15, 0.2) is 12.3 Å². The molecule has 80 valence electrons. The average molecular weight is 223 g/mol. The summed E-state index contributed by atoms with van der Waals surface area (Å²) in [5.41, 5.74) is 0.462. The highest BCUT2D eigenvalue weighted by molar-refractivity contribution is 7.99. The maximum Gasteiger partial charge on any atom is 0.168 e. The average Bonchev–Trinajstić information content (AvgIpc) is 2.30. The van der Waals surface area contributed by atoms with Gasteiger partial charge >= 0.3 is 0 Å². The van der Waals surface area contributed by atoms with Gasteiger partial charge in [-0.15, -0.1) is 0 Å². The Hall–Kier alpha value is -0.940. The Kier molecular flexibility index (Phi) is 3.33. The standard InChI is InChI=1S/C10H13N3OS/c1-13-4-5-15-7-9(13)10-11-3-2-8(6-14)12-10/h2-3,6,9H,4-5,7H2,1H3. The van der Waals surface area contributed by atoms with E-state index < -0.39 is 0 Å². The number of hydrogen-bond donors (Lipinski definition) is 0. The molecule has 1 saturated heterocycles. The number of rotatable bonds is 2. The molecule has 2 heterocycles. The summed E-state index contributed by atoms with van der Waals surface area (Å²) in [7, 11) is 2.07. The van der Waals surface area contributed by atoms with Crippen LogP contribution in [-0.4, -0.2) is 46.3 Å². The summed E-state index contributed by atoms with van der Waals surface area (Å²) >= 11 is 1.91. The molecule has 0 N–H and O–H groups in total. The molecule has 2 rings (SSSR count). The minimum absolute atomic E-state index is 0.239. The Labute approximate surface area is 93.1 Å². The predicted octanol–water partition coefficient (Wildman–Crippen LogP) is 1.01. The van der Waals surface area contributed by atoms with E-state index in [0.29, 0.717) is 5.69 Å². The van der Waals surface area contributed by atoms with Gasteiger partial charge in [0, 0.05) is 24.2 Å². The highest BCUT2D eigenvalue weighted by Crippen LogP contribution is 2.25. The van der Waals surface area contributed by atoms with Crippen LogP contribution in [0.4, 0.5) is 0 Å². The topological polar surface area (TPSA) is 46.1 Å². The monoisotopic (exact) mass is 223 g/mol. The van der Waals surface area contributed by atoms with Crippen molar-refractivity contribution < 1.29 is 4.79 Å². The number of nitrogens with zero attached hydrogens (tertiary/aromatic N) is 3. The zero-order valence-corrected chi connectivity index (χ0v) is 9.41. The molecule has 1 aromatic rings. The molecule has 0 radical (unpaired) electrons. The molecular formula is C10H13N3OS. The second kappa shape index (κ2) is 4.72. The number of aldehydes is 1. The number of thioether (sulfide) groups is 1. The van der Waals surface area contributed by atoms with Crippen LogP contribution in [0.3, 0.4) is 0 Å². The maximum atomic E-state index is 10.6. The zero-order chi connectivity index (χ0) is 10.7. The van der Waals surface area contributed by atoms with Crippen molar-refractivity contribution in [2.24, 2.45) is 0 Å². The fraction of sp³-hybridized carbons (Fsp3) is 0.500. The van der Waals surface area contributed by atoms with Gasteiger partial charge in [-0.05, 0) is 13.1 Å². The summed E-state index contributed by atoms with van der Waals surface area (Å²) in [6.45, 7) is 1.05. The molecule has 1 atom stereocenters. The Balaban J connectivity index is 2.23. The van der Waals surface area contributed by atoms with Gasteiger partial charge in [-0.3, -0.25) is 9.69 Å². The number of carbonyl (C=O) groups is 1. The van der Waals surface area contributed by atoms with Crippen LogP contribution in [0.25, 0.3) is 0 Å². The molecule has 5 heteroatoms. The highest BCUT2D eigenvalue weighted by Gasteiger charge is 2.23. The van der Waals surface area contributed by atoms with Crippen molar-refractivity contribution in [3.05, 3.63) is 23.8 Å². The van der Waals surface area contributed by atoms with E-state index in [4.69, 9.17) is 0 Å². The van der Waals surface area contributed by atoms with Crippen molar-refractivity contribution >= 4 is 18.0 Å². The van der Waals surface area contributed by atoms with Gasteiger partial charge < -0.3 is 0 Å². The van der Waals surface area contributed by atoms with Crippen LogP contribution >= 0.6 is 11.8 Å². The Morgan fingerprint density at radius 3 is 3.27 bits per heavy atom. The summed E-state index contributed by atoms with van der Waals surface area (Å²) in [5.74, 6) is 2.91. The first-order valence-electron chi connectivity index (χ1n) is 4.87. The third-order valence-electron chi connectivity index (χ3n) is 2.51. The van der Waals surface area contributed by atoms with Gasteiger partial charge in [0.15, 0.2) is 6.29 Å². The Morgan fingerprint density at radius 1 is 1.67 bits per heavy atom. The second-order valence-electron chi connectivity index (χ2n) is 3.53. The van der Waals surface area contributed by atoms with Crippen molar-refractivity contribution in [3.8, 4) is 0 Å². The lowest BCUT2D eigenvalue weighted by atomic mass is 10.2. The zero-order valence-electron chi connectivity index (χ0n) is 8.59. The Bertz CT molecular complexity index is 358. The molecule has 0 amide bonds. The van der Waals surface area contributed by atoms with Crippen LogP contribution in [0.1, 0.15) is 22.4 Å². The van der Waals surface area contributed by atoms with Gasteiger partial charge in [0.1, 0.15) is 11.5 Å². The third-order valence-corrected chi connectivity index (χ3v) is 3.53. The molecule has 0 aromatic carbocycles. The minimum Gasteiger partial charge on any atom is -0.296 e. The smallest absolute Gasteiger partial charge is 0.168 e. The third kappa shape index (κ3) is 2.35. The molecular weight excluding hydrogens is 210 g/mol. The number of aromatic nitrogens is 2. The van der Waals surface area contributed by atoms with Crippen molar-refractivity contribution in [3.63, 3.8) is 0 Å². The Morgan fingerprint density at radius 2 is 2.53 bits per heavy atom. The number of carbonyl (C=O) groups excluding carboxylic acids is 1. The van der Waals surface area contributed by atoms with E-state index in [-0.39, 0.29) is 6.04 Å². The molecule has 0 saturated carbocycles. The van der Waals surface area contributed by atoms with E-state index in [1.807, 2.05) is 11.8 Å². The minimum atomic E-state index is 0.239. The molecule has 15 heavy (non-hydrogen) atoms. The van der Waals surface area contributed by atoms with Crippen LogP contribution in [0.2, 0.25) is 0 Å². The van der Waals surface area contributed by atoms with Crippen molar-refractivity contribution in [1.82, 2.24) is 14.9 Å². The van der Waals surface area contributed by atoms with E-state index in [9.17, 15) is 4.79 Å². The molecule has 1 fully saturated rings. The lowest BCUT2D eigenvalue weighted by Gasteiger charge is -2.30. The van der Waals surface area contributed by atoms with E-state index in [1.54, 1.807) is 12.3 Å². The second-order valence-corrected chi connectivity index (χ2v) is 4.68. The molecule has 4 nitrogen and oxygen atoms in total. The fourth-order valence-electron chi connectivity index (χ4n) is 1.57. The van der Waals surface area contributed by atoms with Crippen LogP contribution in [0.5, 0.6) is 0 Å². The summed E-state index contributed by atoms with van der Waals surface area (Å²) in [5, 5.41) is 0. The lowest BCUT2D eigenvalue weighted by molar-refractivity contribution is 0.111. The molecule has 0 spiro atoms. The molecule has 1 aromatic heterocycles. The number of hydrogen-bond acceptors (Lipinski definition) is 5. The summed E-state index contributed by atoms with van der Waals surface area (Å²) in [4.78, 5) is 21.3. The van der Waals surface area contributed by atoms with E-state index in [2.05, 4.69) is 21.9 Å². The predicted molar refractivity (Wildman–Crippen MR) is 60.1 cm³/mol. The van der Waals surface area contributed by atoms with Gasteiger partial charge in [0.05, 0.1) is 6.04 Å². The molecule has 1 aliphatic rings. The van der Waals surface area contributed by atoms with Crippen LogP contribution in [-0.2, 0) is 0 Å². The van der Waals surface area contributed by atoms with Gasteiger partial charge in [0.25, 0.3) is 0 Å². The van der Waals surface area contributed by atoms with Gasteiger partial charge in [0.2, 0.25) is 0 Å². The van der Waals surface area contributed by atoms with Crippen molar-refractivity contribution in [2.45, 2.75) is 6.04 Å². The first-order valence-corrected chi connectivity index (χ1v) is 6.03.